The van der Waals surface area contributed by atoms with Crippen molar-refractivity contribution in [3.05, 3.63) is 88.1 Å². The fourth-order valence-corrected chi connectivity index (χ4v) is 5.62. The van der Waals surface area contributed by atoms with Crippen LogP contribution >= 0.6 is 11.6 Å². The van der Waals surface area contributed by atoms with Gasteiger partial charge in [-0.1, -0.05) is 65.3 Å². The Hall–Kier alpha value is -4.30. The summed E-state index contributed by atoms with van der Waals surface area (Å²) in [5.74, 6) is 0.271. The van der Waals surface area contributed by atoms with E-state index in [4.69, 9.17) is 25.6 Å². The van der Waals surface area contributed by atoms with Gasteiger partial charge in [0.2, 0.25) is 0 Å². The van der Waals surface area contributed by atoms with Crippen LogP contribution in [-0.2, 0) is 21.4 Å². The number of benzene rings is 3. The number of anilines is 1. The number of rotatable bonds is 7. The number of nitrogens with zero attached hydrogens (tertiary/aromatic N) is 1. The number of hydrogen-bond acceptors (Lipinski definition) is 6. The third-order valence-electron chi connectivity index (χ3n) is 7.73. The molecule has 9 heteroatoms. The van der Waals surface area contributed by atoms with Crippen LogP contribution in [0.15, 0.2) is 65.2 Å². The van der Waals surface area contributed by atoms with Gasteiger partial charge in [0.05, 0.1) is 17.6 Å². The van der Waals surface area contributed by atoms with E-state index in [1.54, 1.807) is 19.9 Å². The summed E-state index contributed by atoms with van der Waals surface area (Å²) < 4.78 is 17.3. The van der Waals surface area contributed by atoms with Gasteiger partial charge in [-0.2, -0.15) is 0 Å². The number of amides is 1. The standard InChI is InChI=1S/C31H27ClN2O6/c1-17-26(33-30(37)39-18(2)21-5-3-4-6-25(21)32)28(40-34-17)24-12-11-22(23-13-16-38-27(23)24)19-7-9-20(10-8-19)31(14-15-31)29(35)36/h3-12,18H,13-16H2,1-2H3,(H,33,37)(H,35,36). The molecule has 0 radical (unpaired) electrons. The van der Waals surface area contributed by atoms with E-state index in [0.717, 1.165) is 22.3 Å². The molecule has 1 unspecified atom stereocenters. The van der Waals surface area contributed by atoms with Crippen molar-refractivity contribution in [2.24, 2.45) is 0 Å². The van der Waals surface area contributed by atoms with Gasteiger partial charge in [-0.3, -0.25) is 10.1 Å². The Bertz CT molecular complexity index is 1620. The average molecular weight is 559 g/mol. The molecule has 0 spiro atoms. The van der Waals surface area contributed by atoms with Crippen LogP contribution in [0.1, 0.15) is 48.3 Å². The Morgan fingerprint density at radius 1 is 1.07 bits per heavy atom. The van der Waals surface area contributed by atoms with E-state index in [1.807, 2.05) is 54.6 Å². The summed E-state index contributed by atoms with van der Waals surface area (Å²) in [4.78, 5) is 24.6. The van der Waals surface area contributed by atoms with Gasteiger partial charge in [0.25, 0.3) is 0 Å². The molecule has 1 aromatic heterocycles. The summed E-state index contributed by atoms with van der Waals surface area (Å²) >= 11 is 6.26. The lowest BCUT2D eigenvalue weighted by Crippen LogP contribution is -2.19. The Morgan fingerprint density at radius 2 is 1.80 bits per heavy atom. The highest BCUT2D eigenvalue weighted by Gasteiger charge is 2.51. The molecule has 6 rings (SSSR count). The minimum atomic E-state index is -0.770. The van der Waals surface area contributed by atoms with Crippen LogP contribution in [0.4, 0.5) is 10.5 Å². The SMILES string of the molecule is Cc1noc(-c2ccc(-c3ccc(C4(C(=O)O)CC4)cc3)c3c2OCC3)c1NC(=O)OC(C)c1ccccc1Cl. The zero-order chi connectivity index (χ0) is 28.0. The van der Waals surface area contributed by atoms with E-state index in [2.05, 4.69) is 10.5 Å². The van der Waals surface area contributed by atoms with Gasteiger partial charge < -0.3 is 19.1 Å². The molecule has 2 aliphatic rings. The molecular weight excluding hydrogens is 532 g/mol. The molecular formula is C31H27ClN2O6. The van der Waals surface area contributed by atoms with Crippen LogP contribution in [0.2, 0.25) is 5.02 Å². The smallest absolute Gasteiger partial charge is 0.412 e. The monoisotopic (exact) mass is 558 g/mol. The number of carbonyl (C=O) groups is 2. The number of aryl methyl sites for hydroxylation is 1. The number of halogens is 1. The Labute approximate surface area is 235 Å². The molecule has 0 bridgehead atoms. The van der Waals surface area contributed by atoms with E-state index in [0.29, 0.717) is 64.9 Å². The lowest BCUT2D eigenvalue weighted by molar-refractivity contribution is -0.140. The molecule has 4 aromatic rings. The van der Waals surface area contributed by atoms with Gasteiger partial charge >= 0.3 is 12.1 Å². The predicted octanol–water partition coefficient (Wildman–Crippen LogP) is 7.33. The number of carboxylic acid groups (broad SMARTS) is 1. The molecule has 1 atom stereocenters. The molecule has 1 saturated carbocycles. The lowest BCUT2D eigenvalue weighted by Gasteiger charge is -2.16. The number of ether oxygens (including phenoxy) is 2. The number of hydrogen-bond donors (Lipinski definition) is 2. The van der Waals surface area contributed by atoms with E-state index in [-0.39, 0.29) is 0 Å². The highest BCUT2D eigenvalue weighted by molar-refractivity contribution is 6.31. The third-order valence-corrected chi connectivity index (χ3v) is 8.07. The topological polar surface area (TPSA) is 111 Å². The molecule has 1 aliphatic heterocycles. The van der Waals surface area contributed by atoms with E-state index in [9.17, 15) is 14.7 Å². The molecule has 2 N–H and O–H groups in total. The van der Waals surface area contributed by atoms with Crippen molar-refractivity contribution in [2.45, 2.75) is 44.6 Å². The van der Waals surface area contributed by atoms with Crippen LogP contribution in [0.3, 0.4) is 0 Å². The van der Waals surface area contributed by atoms with Crippen molar-refractivity contribution < 1.29 is 28.7 Å². The summed E-state index contributed by atoms with van der Waals surface area (Å²) in [6.07, 6.45) is 0.801. The van der Waals surface area contributed by atoms with Gasteiger partial charge in [-0.05, 0) is 55.5 Å². The van der Waals surface area contributed by atoms with Gasteiger partial charge in [-0.15, -0.1) is 0 Å². The maximum Gasteiger partial charge on any atom is 0.412 e. The van der Waals surface area contributed by atoms with E-state index in [1.165, 1.54) is 0 Å². The van der Waals surface area contributed by atoms with Crippen molar-refractivity contribution >= 4 is 29.4 Å². The molecule has 0 saturated heterocycles. The molecule has 1 amide bonds. The maximum absolute atomic E-state index is 12.8. The molecule has 3 aromatic carbocycles. The highest BCUT2D eigenvalue weighted by Crippen LogP contribution is 2.49. The van der Waals surface area contributed by atoms with Crippen LogP contribution in [0.5, 0.6) is 5.75 Å². The first-order valence-electron chi connectivity index (χ1n) is 13.1. The normalized spacial score (nSPS) is 15.6. The fraction of sp³-hybridized carbons (Fsp3) is 0.258. The van der Waals surface area contributed by atoms with Gasteiger partial charge in [0.15, 0.2) is 5.76 Å². The lowest BCUT2D eigenvalue weighted by atomic mass is 9.91. The quantitative estimate of drug-likeness (QED) is 0.244. The van der Waals surface area contributed by atoms with Crippen molar-refractivity contribution in [2.75, 3.05) is 11.9 Å². The van der Waals surface area contributed by atoms with Gasteiger partial charge in [0, 0.05) is 22.6 Å². The molecule has 2 heterocycles. The predicted molar refractivity (Wildman–Crippen MR) is 150 cm³/mol. The van der Waals surface area contributed by atoms with E-state index >= 15 is 0 Å². The van der Waals surface area contributed by atoms with Gasteiger partial charge in [0.1, 0.15) is 23.2 Å². The number of fused-ring (bicyclic) bond motifs is 1. The molecule has 40 heavy (non-hydrogen) atoms. The van der Waals surface area contributed by atoms with E-state index < -0.39 is 23.6 Å². The van der Waals surface area contributed by atoms with Crippen LogP contribution < -0.4 is 10.1 Å². The van der Waals surface area contributed by atoms with Crippen LogP contribution in [0, 0.1) is 6.92 Å². The number of carboxylic acids is 1. The second-order valence-corrected chi connectivity index (χ2v) is 10.6. The van der Waals surface area contributed by atoms with Crippen LogP contribution in [0.25, 0.3) is 22.5 Å². The number of aromatic nitrogens is 1. The summed E-state index contributed by atoms with van der Waals surface area (Å²) in [6.45, 7) is 3.99. The number of carbonyl (C=O) groups excluding carboxylic acids is 1. The Balaban J connectivity index is 1.27. The number of aliphatic carboxylic acids is 1. The summed E-state index contributed by atoms with van der Waals surface area (Å²) in [5, 5.41) is 17.0. The summed E-state index contributed by atoms with van der Waals surface area (Å²) in [5.41, 5.74) is 5.34. The second kappa shape index (κ2) is 10.0. The highest BCUT2D eigenvalue weighted by atomic mass is 35.5. The zero-order valence-electron chi connectivity index (χ0n) is 22.0. The first kappa shape index (κ1) is 26.0. The second-order valence-electron chi connectivity index (χ2n) is 10.2. The zero-order valence-corrected chi connectivity index (χ0v) is 22.7. The Morgan fingerprint density at radius 3 is 2.50 bits per heavy atom. The Kier molecular flexibility index (Phi) is 6.50. The van der Waals surface area contributed by atoms with Crippen molar-refractivity contribution in [1.82, 2.24) is 5.16 Å². The fourth-order valence-electron chi connectivity index (χ4n) is 5.33. The minimum absolute atomic E-state index is 0.372. The molecule has 204 valence electrons. The van der Waals surface area contributed by atoms with Gasteiger partial charge in [-0.25, -0.2) is 4.79 Å². The van der Waals surface area contributed by atoms with Crippen molar-refractivity contribution in [3.63, 3.8) is 0 Å². The van der Waals surface area contributed by atoms with Crippen molar-refractivity contribution in [1.29, 1.82) is 0 Å². The first-order valence-corrected chi connectivity index (χ1v) is 13.5. The molecule has 1 fully saturated rings. The van der Waals surface area contributed by atoms with Crippen molar-refractivity contribution in [3.8, 4) is 28.2 Å². The maximum atomic E-state index is 12.8. The van der Waals surface area contributed by atoms with Crippen LogP contribution in [-0.4, -0.2) is 28.9 Å². The third kappa shape index (κ3) is 4.48. The number of nitrogens with one attached hydrogen (secondary N) is 1. The molecule has 1 aliphatic carbocycles. The minimum Gasteiger partial charge on any atom is -0.492 e. The average Bonchev–Trinajstić information content (AvgIpc) is 3.49. The first-order chi connectivity index (χ1) is 19.3. The largest absolute Gasteiger partial charge is 0.492 e. The summed E-state index contributed by atoms with van der Waals surface area (Å²) in [7, 11) is 0. The molecule has 8 nitrogen and oxygen atoms in total. The summed E-state index contributed by atoms with van der Waals surface area (Å²) in [6, 6.07) is 18.8.